The second-order valence-electron chi connectivity index (χ2n) is 7.75. The van der Waals surface area contributed by atoms with Gasteiger partial charge in [0.05, 0.1) is 0 Å². The number of carbonyl (C=O) groups excluding carboxylic acids is 1. The lowest BCUT2D eigenvalue weighted by Gasteiger charge is -2.30. The molecule has 31 heavy (non-hydrogen) atoms. The van der Waals surface area contributed by atoms with Crippen molar-refractivity contribution in [3.63, 3.8) is 0 Å². The molecule has 1 unspecified atom stereocenters. The van der Waals surface area contributed by atoms with Gasteiger partial charge in [0.2, 0.25) is 17.6 Å². The van der Waals surface area contributed by atoms with Crippen molar-refractivity contribution in [3.8, 4) is 11.4 Å². The number of likely N-dealkylation sites (N-methyl/N-ethyl adjacent to an activating group) is 1. The summed E-state index contributed by atoms with van der Waals surface area (Å²) in [5.74, 6) is 1.04. The van der Waals surface area contributed by atoms with Crippen molar-refractivity contribution in [2.45, 2.75) is 46.1 Å². The van der Waals surface area contributed by atoms with Crippen LogP contribution in [-0.2, 0) is 17.6 Å². The van der Waals surface area contributed by atoms with Gasteiger partial charge in [-0.3, -0.25) is 9.69 Å². The number of carbonyl (C=O) groups is 1. The average molecular weight is 421 g/mol. The van der Waals surface area contributed by atoms with E-state index in [1.54, 1.807) is 0 Å². The summed E-state index contributed by atoms with van der Waals surface area (Å²) in [4.78, 5) is 19.3. The molecule has 0 aliphatic carbocycles. The van der Waals surface area contributed by atoms with E-state index < -0.39 is 0 Å². The molecule has 0 saturated carbocycles. The first kappa shape index (κ1) is 22.7. The minimum absolute atomic E-state index is 0.000281. The van der Waals surface area contributed by atoms with E-state index >= 15 is 0 Å². The van der Waals surface area contributed by atoms with E-state index in [9.17, 15) is 4.79 Å². The Hall–Kier alpha value is -2.99. The molecule has 1 amide bonds. The number of benzene rings is 2. The van der Waals surface area contributed by atoms with E-state index in [1.807, 2.05) is 37.3 Å². The predicted octanol–water partition coefficient (Wildman–Crippen LogP) is 4.05. The van der Waals surface area contributed by atoms with E-state index in [1.165, 1.54) is 11.1 Å². The topological polar surface area (TPSA) is 71.3 Å². The van der Waals surface area contributed by atoms with E-state index in [2.05, 4.69) is 58.5 Å². The Balaban J connectivity index is 1.51. The fourth-order valence-electron chi connectivity index (χ4n) is 3.67. The number of nitrogens with one attached hydrogen (secondary N) is 1. The smallest absolute Gasteiger partial charge is 0.227 e. The van der Waals surface area contributed by atoms with Crippen molar-refractivity contribution < 1.29 is 9.32 Å². The number of aryl methyl sites for hydroxylation is 2. The number of amides is 1. The SMILES string of the molecule is CCN(CC)C(CNC(=O)CCc1nc(-c2ccc(C)cc2)no1)Cc1ccccc1. The number of aromatic nitrogens is 2. The molecule has 0 aliphatic rings. The van der Waals surface area contributed by atoms with Crippen LogP contribution in [0.3, 0.4) is 0 Å². The van der Waals surface area contributed by atoms with Gasteiger partial charge in [-0.25, -0.2) is 0 Å². The first-order valence-electron chi connectivity index (χ1n) is 11.0. The molecule has 0 bridgehead atoms. The summed E-state index contributed by atoms with van der Waals surface area (Å²) in [5.41, 5.74) is 3.37. The van der Waals surface area contributed by atoms with Gasteiger partial charge in [-0.05, 0) is 32.0 Å². The molecule has 1 aromatic heterocycles. The molecule has 1 atom stereocenters. The van der Waals surface area contributed by atoms with Crippen molar-refractivity contribution in [2.75, 3.05) is 19.6 Å². The van der Waals surface area contributed by atoms with Crippen LogP contribution in [0.25, 0.3) is 11.4 Å². The van der Waals surface area contributed by atoms with Gasteiger partial charge in [0.1, 0.15) is 0 Å². The van der Waals surface area contributed by atoms with Gasteiger partial charge in [0, 0.05) is 31.0 Å². The summed E-state index contributed by atoms with van der Waals surface area (Å²) in [5, 5.41) is 7.13. The molecule has 0 spiro atoms. The first-order chi connectivity index (χ1) is 15.1. The molecular formula is C25H32N4O2. The average Bonchev–Trinajstić information content (AvgIpc) is 3.27. The highest BCUT2D eigenvalue weighted by molar-refractivity contribution is 5.76. The molecular weight excluding hydrogens is 388 g/mol. The summed E-state index contributed by atoms with van der Waals surface area (Å²) in [6.45, 7) is 8.87. The molecule has 1 heterocycles. The number of hydrogen-bond donors (Lipinski definition) is 1. The molecule has 1 N–H and O–H groups in total. The molecule has 6 nitrogen and oxygen atoms in total. The van der Waals surface area contributed by atoms with Crippen LogP contribution in [-0.4, -0.2) is 46.6 Å². The summed E-state index contributed by atoms with van der Waals surface area (Å²) >= 11 is 0. The van der Waals surface area contributed by atoms with Crippen molar-refractivity contribution in [2.24, 2.45) is 0 Å². The van der Waals surface area contributed by atoms with Crippen LogP contribution in [0.5, 0.6) is 0 Å². The lowest BCUT2D eigenvalue weighted by Crippen LogP contribution is -2.45. The second kappa shape index (κ2) is 11.4. The summed E-state index contributed by atoms with van der Waals surface area (Å²) in [6.07, 6.45) is 1.66. The van der Waals surface area contributed by atoms with Crippen LogP contribution >= 0.6 is 0 Å². The van der Waals surface area contributed by atoms with Gasteiger partial charge >= 0.3 is 0 Å². The fraction of sp³-hybridized carbons (Fsp3) is 0.400. The van der Waals surface area contributed by atoms with Gasteiger partial charge in [0.25, 0.3) is 0 Å². The minimum Gasteiger partial charge on any atom is -0.355 e. The normalized spacial score (nSPS) is 12.1. The highest BCUT2D eigenvalue weighted by Gasteiger charge is 2.18. The number of rotatable bonds is 11. The van der Waals surface area contributed by atoms with Gasteiger partial charge in [0.15, 0.2) is 0 Å². The number of nitrogens with zero attached hydrogens (tertiary/aromatic N) is 3. The maximum Gasteiger partial charge on any atom is 0.227 e. The lowest BCUT2D eigenvalue weighted by molar-refractivity contribution is -0.121. The molecule has 0 fully saturated rings. The Morgan fingerprint density at radius 1 is 1.06 bits per heavy atom. The van der Waals surface area contributed by atoms with E-state index in [0.29, 0.717) is 31.1 Å². The fourth-order valence-corrected chi connectivity index (χ4v) is 3.67. The Kier molecular flexibility index (Phi) is 8.35. The second-order valence-corrected chi connectivity index (χ2v) is 7.75. The van der Waals surface area contributed by atoms with Gasteiger partial charge in [-0.1, -0.05) is 79.2 Å². The van der Waals surface area contributed by atoms with Crippen LogP contribution in [0.4, 0.5) is 0 Å². The molecule has 0 radical (unpaired) electrons. The van der Waals surface area contributed by atoms with Gasteiger partial charge in [-0.15, -0.1) is 0 Å². The Morgan fingerprint density at radius 2 is 1.77 bits per heavy atom. The molecule has 2 aromatic carbocycles. The van der Waals surface area contributed by atoms with Crippen LogP contribution in [0.15, 0.2) is 59.1 Å². The highest BCUT2D eigenvalue weighted by Crippen LogP contribution is 2.17. The molecule has 3 aromatic rings. The van der Waals surface area contributed by atoms with Crippen LogP contribution < -0.4 is 5.32 Å². The molecule has 164 valence electrons. The van der Waals surface area contributed by atoms with Crippen LogP contribution in [0.2, 0.25) is 0 Å². The third kappa shape index (κ3) is 6.76. The Bertz CT molecular complexity index is 934. The molecule has 0 saturated heterocycles. The van der Waals surface area contributed by atoms with Crippen LogP contribution in [0, 0.1) is 6.92 Å². The van der Waals surface area contributed by atoms with E-state index in [-0.39, 0.29) is 11.9 Å². The maximum atomic E-state index is 12.5. The third-order valence-corrected chi connectivity index (χ3v) is 5.52. The van der Waals surface area contributed by atoms with Gasteiger partial charge < -0.3 is 9.84 Å². The highest BCUT2D eigenvalue weighted by atomic mass is 16.5. The summed E-state index contributed by atoms with van der Waals surface area (Å²) in [6, 6.07) is 18.6. The van der Waals surface area contributed by atoms with E-state index in [0.717, 1.165) is 25.1 Å². The molecule has 3 rings (SSSR count). The number of hydrogen-bond acceptors (Lipinski definition) is 5. The van der Waals surface area contributed by atoms with Crippen molar-refractivity contribution in [1.82, 2.24) is 20.4 Å². The zero-order valence-corrected chi connectivity index (χ0v) is 18.7. The Morgan fingerprint density at radius 3 is 2.45 bits per heavy atom. The molecule has 6 heteroatoms. The van der Waals surface area contributed by atoms with Crippen molar-refractivity contribution in [1.29, 1.82) is 0 Å². The monoisotopic (exact) mass is 420 g/mol. The zero-order valence-electron chi connectivity index (χ0n) is 18.7. The minimum atomic E-state index is 0.000281. The van der Waals surface area contributed by atoms with Gasteiger partial charge in [-0.2, -0.15) is 4.98 Å². The first-order valence-corrected chi connectivity index (χ1v) is 11.0. The predicted molar refractivity (Wildman–Crippen MR) is 123 cm³/mol. The standard InChI is InChI=1S/C25H32N4O2/c1-4-29(5-2)22(17-20-9-7-6-8-10-20)18-26-23(30)15-16-24-27-25(28-31-24)21-13-11-19(3)12-14-21/h6-14,22H,4-5,15-18H2,1-3H3,(H,26,30). The maximum absolute atomic E-state index is 12.5. The summed E-state index contributed by atoms with van der Waals surface area (Å²) < 4.78 is 5.33. The Labute approximate surface area is 184 Å². The van der Waals surface area contributed by atoms with E-state index in [4.69, 9.17) is 4.52 Å². The van der Waals surface area contributed by atoms with Crippen LogP contribution in [0.1, 0.15) is 37.3 Å². The molecule has 0 aliphatic heterocycles. The largest absolute Gasteiger partial charge is 0.355 e. The third-order valence-electron chi connectivity index (χ3n) is 5.52. The summed E-state index contributed by atoms with van der Waals surface area (Å²) in [7, 11) is 0. The zero-order chi connectivity index (χ0) is 22.1. The van der Waals surface area contributed by atoms with Crippen molar-refractivity contribution in [3.05, 3.63) is 71.6 Å². The lowest BCUT2D eigenvalue weighted by atomic mass is 10.0. The quantitative estimate of drug-likeness (QED) is 0.507. The van der Waals surface area contributed by atoms with Crippen molar-refractivity contribution >= 4 is 5.91 Å².